The van der Waals surface area contributed by atoms with Crippen LogP contribution in [-0.2, 0) is 0 Å². The zero-order valence-corrected chi connectivity index (χ0v) is 11.7. The van der Waals surface area contributed by atoms with Crippen LogP contribution in [0.2, 0.25) is 0 Å². The van der Waals surface area contributed by atoms with Crippen LogP contribution in [0, 0.1) is 5.92 Å². The van der Waals surface area contributed by atoms with Crippen molar-refractivity contribution < 1.29 is 0 Å². The van der Waals surface area contributed by atoms with Crippen molar-refractivity contribution in [2.24, 2.45) is 5.92 Å². The lowest BCUT2D eigenvalue weighted by Crippen LogP contribution is -2.26. The van der Waals surface area contributed by atoms with Crippen LogP contribution in [-0.4, -0.2) is 21.3 Å². The topological polar surface area (TPSA) is 57.8 Å². The Morgan fingerprint density at radius 3 is 2.87 bits per heavy atom. The molecule has 1 aromatic rings. The van der Waals surface area contributed by atoms with Gasteiger partial charge in [-0.2, -0.15) is 0 Å². The smallest absolute Gasteiger partial charge is 0.267 e. The summed E-state index contributed by atoms with van der Waals surface area (Å²) in [4.78, 5) is 17.8. The van der Waals surface area contributed by atoms with Crippen molar-refractivity contribution in [2.45, 2.75) is 19.9 Å². The predicted octanol–water partition coefficient (Wildman–Crippen LogP) is 2.36. The molecule has 1 heterocycles. The average molecular weight is 339 g/mol. The molecule has 6 heteroatoms. The number of halogens is 2. The number of hydrogen-bond acceptors (Lipinski definition) is 3. The highest BCUT2D eigenvalue weighted by molar-refractivity contribution is 9.10. The van der Waals surface area contributed by atoms with Crippen LogP contribution >= 0.6 is 31.9 Å². The predicted molar refractivity (Wildman–Crippen MR) is 68.6 cm³/mol. The zero-order chi connectivity index (χ0) is 11.4. The molecule has 2 atom stereocenters. The van der Waals surface area contributed by atoms with Gasteiger partial charge in [0.05, 0.1) is 6.33 Å². The maximum absolute atomic E-state index is 11.3. The molecule has 0 aliphatic carbocycles. The first-order valence-electron chi connectivity index (χ1n) is 4.62. The molecule has 2 N–H and O–H groups in total. The molecule has 1 rings (SSSR count). The summed E-state index contributed by atoms with van der Waals surface area (Å²) in [6.45, 7) is 4.18. The minimum Gasteiger partial charge on any atom is -0.366 e. The molecule has 0 aromatic carbocycles. The number of alkyl halides is 1. The van der Waals surface area contributed by atoms with Gasteiger partial charge >= 0.3 is 0 Å². The Labute approximate surface area is 105 Å². The molecular formula is C9H13Br2N3O. The van der Waals surface area contributed by atoms with E-state index in [1.54, 1.807) is 0 Å². The number of aromatic nitrogens is 2. The van der Waals surface area contributed by atoms with E-state index in [9.17, 15) is 4.79 Å². The molecule has 2 unspecified atom stereocenters. The number of aromatic amines is 1. The summed E-state index contributed by atoms with van der Waals surface area (Å²) in [6.07, 6.45) is 1.39. The highest BCUT2D eigenvalue weighted by Crippen LogP contribution is 2.17. The molecule has 0 spiro atoms. The lowest BCUT2D eigenvalue weighted by molar-refractivity contribution is 0.570. The van der Waals surface area contributed by atoms with Gasteiger partial charge in [-0.1, -0.05) is 22.9 Å². The molecule has 0 aliphatic rings. The molecule has 0 amide bonds. The number of H-pyrrole nitrogens is 1. The minimum atomic E-state index is -0.175. The number of hydrogen-bond donors (Lipinski definition) is 2. The van der Waals surface area contributed by atoms with E-state index < -0.39 is 0 Å². The van der Waals surface area contributed by atoms with Crippen LogP contribution in [0.3, 0.4) is 0 Å². The van der Waals surface area contributed by atoms with Gasteiger partial charge in [-0.25, -0.2) is 4.98 Å². The molecule has 1 aromatic heterocycles. The van der Waals surface area contributed by atoms with Crippen LogP contribution in [0.5, 0.6) is 0 Å². The third kappa shape index (κ3) is 3.31. The standard InChI is InChI=1S/C9H13Br2N3O/c1-5(3-10)6(2)14-8-7(11)9(15)13-4-12-8/h4-6H,3H2,1-2H3,(H2,12,13,14,15). The maximum atomic E-state index is 11.3. The normalized spacial score (nSPS) is 14.7. The van der Waals surface area contributed by atoms with Crippen LogP contribution in [0.15, 0.2) is 15.6 Å². The molecule has 0 saturated heterocycles. The molecule has 84 valence electrons. The van der Waals surface area contributed by atoms with Gasteiger partial charge in [0.1, 0.15) is 10.3 Å². The van der Waals surface area contributed by atoms with Gasteiger partial charge < -0.3 is 10.3 Å². The number of nitrogens with one attached hydrogen (secondary N) is 2. The highest BCUT2D eigenvalue weighted by atomic mass is 79.9. The van der Waals surface area contributed by atoms with Crippen molar-refractivity contribution in [3.63, 3.8) is 0 Å². The lowest BCUT2D eigenvalue weighted by Gasteiger charge is -2.20. The van der Waals surface area contributed by atoms with Gasteiger partial charge in [0.2, 0.25) is 0 Å². The Kier molecular flexibility index (Phi) is 4.79. The summed E-state index contributed by atoms with van der Waals surface area (Å²) in [7, 11) is 0. The van der Waals surface area contributed by atoms with E-state index in [2.05, 4.69) is 61.0 Å². The van der Waals surface area contributed by atoms with E-state index in [1.165, 1.54) is 6.33 Å². The Hall–Kier alpha value is -0.360. The molecule has 0 fully saturated rings. The summed E-state index contributed by atoms with van der Waals surface area (Å²) in [5, 5.41) is 4.10. The minimum absolute atomic E-state index is 0.175. The van der Waals surface area contributed by atoms with Crippen molar-refractivity contribution >= 4 is 37.7 Å². The summed E-state index contributed by atoms with van der Waals surface area (Å²) in [5.74, 6) is 1.04. The third-order valence-corrected chi connectivity index (χ3v) is 4.01. The van der Waals surface area contributed by atoms with E-state index in [-0.39, 0.29) is 11.6 Å². The Balaban J connectivity index is 2.81. The van der Waals surface area contributed by atoms with Gasteiger partial charge in [-0.3, -0.25) is 4.79 Å². The number of anilines is 1. The fourth-order valence-electron chi connectivity index (χ4n) is 0.975. The average Bonchev–Trinajstić information content (AvgIpc) is 2.23. The fourth-order valence-corrected chi connectivity index (χ4v) is 1.87. The summed E-state index contributed by atoms with van der Waals surface area (Å²) < 4.78 is 0.443. The van der Waals surface area contributed by atoms with Crippen molar-refractivity contribution in [1.82, 2.24) is 9.97 Å². The molecule has 4 nitrogen and oxygen atoms in total. The second kappa shape index (κ2) is 5.65. The summed E-state index contributed by atoms with van der Waals surface area (Å²) in [5.41, 5.74) is -0.175. The monoisotopic (exact) mass is 337 g/mol. The molecule has 0 radical (unpaired) electrons. The second-order valence-electron chi connectivity index (χ2n) is 3.46. The number of rotatable bonds is 4. The van der Waals surface area contributed by atoms with E-state index in [1.807, 2.05) is 0 Å². The van der Waals surface area contributed by atoms with Gasteiger partial charge in [-0.15, -0.1) is 0 Å². The van der Waals surface area contributed by atoms with Crippen LogP contribution in [0.25, 0.3) is 0 Å². The Morgan fingerprint density at radius 2 is 2.27 bits per heavy atom. The first-order chi connectivity index (χ1) is 7.06. The first kappa shape index (κ1) is 12.7. The van der Waals surface area contributed by atoms with Crippen molar-refractivity contribution in [2.75, 3.05) is 10.6 Å². The Morgan fingerprint density at radius 1 is 1.60 bits per heavy atom. The fraction of sp³-hybridized carbons (Fsp3) is 0.556. The Bertz CT molecular complexity index is 380. The maximum Gasteiger partial charge on any atom is 0.267 e. The summed E-state index contributed by atoms with van der Waals surface area (Å²) in [6, 6.07) is 0.245. The van der Waals surface area contributed by atoms with E-state index in [0.29, 0.717) is 16.2 Å². The quantitative estimate of drug-likeness (QED) is 0.828. The van der Waals surface area contributed by atoms with Crippen molar-refractivity contribution in [3.8, 4) is 0 Å². The second-order valence-corrected chi connectivity index (χ2v) is 4.90. The molecular weight excluding hydrogens is 326 g/mol. The SMILES string of the molecule is CC(CBr)C(C)Nc1nc[nH]c(=O)c1Br. The van der Waals surface area contributed by atoms with Crippen LogP contribution in [0.1, 0.15) is 13.8 Å². The van der Waals surface area contributed by atoms with Gasteiger partial charge in [0.25, 0.3) is 5.56 Å². The van der Waals surface area contributed by atoms with E-state index in [4.69, 9.17) is 0 Å². The largest absolute Gasteiger partial charge is 0.366 e. The van der Waals surface area contributed by atoms with Crippen LogP contribution < -0.4 is 10.9 Å². The van der Waals surface area contributed by atoms with Crippen molar-refractivity contribution in [1.29, 1.82) is 0 Å². The van der Waals surface area contributed by atoms with E-state index in [0.717, 1.165) is 5.33 Å². The van der Waals surface area contributed by atoms with Gasteiger partial charge in [0, 0.05) is 11.4 Å². The lowest BCUT2D eigenvalue weighted by atomic mass is 10.1. The van der Waals surface area contributed by atoms with Gasteiger partial charge in [0.15, 0.2) is 0 Å². The third-order valence-electron chi connectivity index (χ3n) is 2.26. The van der Waals surface area contributed by atoms with E-state index >= 15 is 0 Å². The highest BCUT2D eigenvalue weighted by Gasteiger charge is 2.13. The summed E-state index contributed by atoms with van der Waals surface area (Å²) >= 11 is 6.62. The number of nitrogens with zero attached hydrogens (tertiary/aromatic N) is 1. The van der Waals surface area contributed by atoms with Crippen LogP contribution in [0.4, 0.5) is 5.82 Å². The molecule has 0 saturated carbocycles. The first-order valence-corrected chi connectivity index (χ1v) is 6.53. The molecule has 15 heavy (non-hydrogen) atoms. The van der Waals surface area contributed by atoms with Gasteiger partial charge in [-0.05, 0) is 28.8 Å². The molecule has 0 bridgehead atoms. The zero-order valence-electron chi connectivity index (χ0n) is 8.55. The van der Waals surface area contributed by atoms with Crippen molar-refractivity contribution in [3.05, 3.63) is 21.2 Å². The molecule has 0 aliphatic heterocycles.